The molecule has 26 heavy (non-hydrogen) atoms. The number of nitrogens with one attached hydrogen (secondary N) is 2. The first-order valence-electron chi connectivity index (χ1n) is 8.42. The van der Waals surface area contributed by atoms with Gasteiger partial charge < -0.3 is 10.1 Å². The molecule has 140 valence electrons. The third-order valence-corrected chi connectivity index (χ3v) is 5.38. The molecule has 0 aliphatic heterocycles. The Labute approximate surface area is 154 Å². The van der Waals surface area contributed by atoms with Crippen LogP contribution < -0.4 is 14.8 Å². The molecule has 2 rings (SSSR count). The molecular formula is C19H24N2O4S. The van der Waals surface area contributed by atoms with Crippen molar-refractivity contribution < 1.29 is 17.9 Å². The monoisotopic (exact) mass is 376 g/mol. The Kier molecular flexibility index (Phi) is 6.76. The molecule has 0 saturated carbocycles. The van der Waals surface area contributed by atoms with E-state index in [4.69, 9.17) is 4.74 Å². The predicted molar refractivity (Wildman–Crippen MR) is 102 cm³/mol. The Hall–Kier alpha value is -2.38. The van der Waals surface area contributed by atoms with E-state index in [0.717, 1.165) is 5.56 Å². The average Bonchev–Trinajstić information content (AvgIpc) is 2.60. The minimum atomic E-state index is -3.55. The highest BCUT2D eigenvalue weighted by Gasteiger charge is 2.16. The highest BCUT2D eigenvalue weighted by Crippen LogP contribution is 2.17. The van der Waals surface area contributed by atoms with Crippen LogP contribution in [0.3, 0.4) is 0 Å². The van der Waals surface area contributed by atoms with E-state index in [0.29, 0.717) is 17.9 Å². The zero-order valence-corrected chi connectivity index (χ0v) is 16.0. The van der Waals surface area contributed by atoms with Gasteiger partial charge in [-0.2, -0.15) is 0 Å². The van der Waals surface area contributed by atoms with Gasteiger partial charge in [0.15, 0.2) is 6.61 Å². The van der Waals surface area contributed by atoms with Gasteiger partial charge >= 0.3 is 0 Å². The molecule has 6 nitrogen and oxygen atoms in total. The van der Waals surface area contributed by atoms with Gasteiger partial charge in [-0.05, 0) is 62.2 Å². The Morgan fingerprint density at radius 1 is 1.15 bits per heavy atom. The van der Waals surface area contributed by atoms with E-state index in [1.165, 1.54) is 24.3 Å². The molecule has 2 aromatic rings. The normalized spacial score (nSPS) is 12.4. The van der Waals surface area contributed by atoms with Crippen molar-refractivity contribution in [3.05, 3.63) is 54.1 Å². The molecule has 0 aliphatic carbocycles. The highest BCUT2D eigenvalue weighted by molar-refractivity contribution is 7.89. The molecule has 1 amide bonds. The number of benzene rings is 2. The highest BCUT2D eigenvalue weighted by atomic mass is 32.2. The molecule has 0 fully saturated rings. The fourth-order valence-corrected chi connectivity index (χ4v) is 3.53. The standard InChI is InChI=1S/C19H24N2O4S/c1-4-15(3)21-26(23,24)18-10-8-17(9-11-18)25-13-19(22)20-16-7-5-6-14(2)12-16/h5-12,15,21H,4,13H2,1-3H3,(H,20,22)/t15-/m1/s1. The molecular weight excluding hydrogens is 352 g/mol. The molecule has 2 aromatic carbocycles. The van der Waals surface area contributed by atoms with Crippen LogP contribution in [0, 0.1) is 6.92 Å². The number of hydrogen-bond donors (Lipinski definition) is 2. The van der Waals surface area contributed by atoms with Gasteiger partial charge in [0.2, 0.25) is 10.0 Å². The smallest absolute Gasteiger partial charge is 0.262 e. The summed E-state index contributed by atoms with van der Waals surface area (Å²) in [7, 11) is -3.55. The van der Waals surface area contributed by atoms with Gasteiger partial charge in [0.05, 0.1) is 4.90 Å². The van der Waals surface area contributed by atoms with Gasteiger partial charge in [-0.1, -0.05) is 19.1 Å². The predicted octanol–water partition coefficient (Wildman–Crippen LogP) is 3.09. The summed E-state index contributed by atoms with van der Waals surface area (Å²) in [5, 5.41) is 2.75. The van der Waals surface area contributed by atoms with Crippen LogP contribution in [-0.2, 0) is 14.8 Å². The van der Waals surface area contributed by atoms with Crippen molar-refractivity contribution in [3.63, 3.8) is 0 Å². The van der Waals surface area contributed by atoms with E-state index >= 15 is 0 Å². The Morgan fingerprint density at radius 3 is 2.46 bits per heavy atom. The van der Waals surface area contributed by atoms with Crippen molar-refractivity contribution in [2.75, 3.05) is 11.9 Å². The Balaban J connectivity index is 1.92. The van der Waals surface area contributed by atoms with Crippen molar-refractivity contribution >= 4 is 21.6 Å². The second-order valence-corrected chi connectivity index (χ2v) is 7.82. The lowest BCUT2D eigenvalue weighted by atomic mass is 10.2. The number of sulfonamides is 1. The minimum absolute atomic E-state index is 0.138. The summed E-state index contributed by atoms with van der Waals surface area (Å²) in [6, 6.07) is 13.3. The van der Waals surface area contributed by atoms with Gasteiger partial charge in [0.1, 0.15) is 5.75 Å². The molecule has 0 saturated heterocycles. The second kappa shape index (κ2) is 8.82. The fraction of sp³-hybridized carbons (Fsp3) is 0.316. The number of anilines is 1. The molecule has 0 aliphatic rings. The number of amides is 1. The summed E-state index contributed by atoms with van der Waals surface area (Å²) in [6.45, 7) is 5.50. The van der Waals surface area contributed by atoms with E-state index in [2.05, 4.69) is 10.0 Å². The Bertz CT molecular complexity index is 848. The van der Waals surface area contributed by atoms with E-state index in [9.17, 15) is 13.2 Å². The number of carbonyl (C=O) groups is 1. The van der Waals surface area contributed by atoms with Crippen molar-refractivity contribution in [3.8, 4) is 5.75 Å². The lowest BCUT2D eigenvalue weighted by molar-refractivity contribution is -0.118. The first-order chi connectivity index (χ1) is 12.3. The third kappa shape index (κ3) is 5.86. The number of aryl methyl sites for hydroxylation is 1. The lowest BCUT2D eigenvalue weighted by Crippen LogP contribution is -2.31. The first-order valence-corrected chi connectivity index (χ1v) is 9.90. The largest absolute Gasteiger partial charge is 0.484 e. The van der Waals surface area contributed by atoms with E-state index in [-0.39, 0.29) is 23.5 Å². The summed E-state index contributed by atoms with van der Waals surface area (Å²) in [5.74, 6) is 0.137. The molecule has 0 aromatic heterocycles. The maximum atomic E-state index is 12.2. The number of hydrogen-bond acceptors (Lipinski definition) is 4. The van der Waals surface area contributed by atoms with Crippen molar-refractivity contribution in [1.82, 2.24) is 4.72 Å². The van der Waals surface area contributed by atoms with Crippen LogP contribution in [0.5, 0.6) is 5.75 Å². The summed E-state index contributed by atoms with van der Waals surface area (Å²) < 4.78 is 32.4. The fourth-order valence-electron chi connectivity index (χ4n) is 2.20. The molecule has 1 atom stereocenters. The van der Waals surface area contributed by atoms with Crippen LogP contribution in [0.15, 0.2) is 53.4 Å². The second-order valence-electron chi connectivity index (χ2n) is 6.11. The number of carbonyl (C=O) groups excluding carboxylic acids is 1. The molecule has 0 bridgehead atoms. The molecule has 0 radical (unpaired) electrons. The van der Waals surface area contributed by atoms with Gasteiger partial charge in [0, 0.05) is 11.7 Å². The van der Waals surface area contributed by atoms with Crippen molar-refractivity contribution in [2.45, 2.75) is 38.1 Å². The zero-order valence-electron chi connectivity index (χ0n) is 15.2. The number of rotatable bonds is 8. The van der Waals surface area contributed by atoms with E-state index in [1.54, 1.807) is 6.07 Å². The maximum Gasteiger partial charge on any atom is 0.262 e. The quantitative estimate of drug-likeness (QED) is 0.741. The number of ether oxygens (including phenoxy) is 1. The van der Waals surface area contributed by atoms with Crippen LogP contribution in [0.4, 0.5) is 5.69 Å². The topological polar surface area (TPSA) is 84.5 Å². The maximum absolute atomic E-state index is 12.2. The molecule has 0 spiro atoms. The molecule has 0 heterocycles. The van der Waals surface area contributed by atoms with Crippen molar-refractivity contribution in [1.29, 1.82) is 0 Å². The Morgan fingerprint density at radius 2 is 1.85 bits per heavy atom. The SMILES string of the molecule is CC[C@@H](C)NS(=O)(=O)c1ccc(OCC(=O)Nc2cccc(C)c2)cc1. The third-order valence-electron chi connectivity index (χ3n) is 3.77. The average molecular weight is 376 g/mol. The van der Waals surface area contributed by atoms with Crippen LogP contribution in [0.25, 0.3) is 0 Å². The zero-order chi connectivity index (χ0) is 19.2. The lowest BCUT2D eigenvalue weighted by Gasteiger charge is -2.12. The summed E-state index contributed by atoms with van der Waals surface area (Å²) in [5.41, 5.74) is 1.75. The molecule has 7 heteroatoms. The van der Waals surface area contributed by atoms with Crippen LogP contribution in [-0.4, -0.2) is 27.0 Å². The van der Waals surface area contributed by atoms with Crippen LogP contribution >= 0.6 is 0 Å². The van der Waals surface area contributed by atoms with Crippen LogP contribution in [0.2, 0.25) is 0 Å². The summed E-state index contributed by atoms with van der Waals surface area (Å²) in [4.78, 5) is 12.1. The summed E-state index contributed by atoms with van der Waals surface area (Å²) in [6.07, 6.45) is 0.705. The van der Waals surface area contributed by atoms with Gasteiger partial charge in [-0.3, -0.25) is 4.79 Å². The first kappa shape index (κ1) is 19.9. The molecule has 0 unspecified atom stereocenters. The van der Waals surface area contributed by atoms with Gasteiger partial charge in [0.25, 0.3) is 5.91 Å². The van der Waals surface area contributed by atoms with Crippen LogP contribution in [0.1, 0.15) is 25.8 Å². The van der Waals surface area contributed by atoms with E-state index in [1.807, 2.05) is 39.0 Å². The van der Waals surface area contributed by atoms with E-state index < -0.39 is 10.0 Å². The molecule has 2 N–H and O–H groups in total. The van der Waals surface area contributed by atoms with Gasteiger partial charge in [-0.15, -0.1) is 0 Å². The van der Waals surface area contributed by atoms with Gasteiger partial charge in [-0.25, -0.2) is 13.1 Å². The van der Waals surface area contributed by atoms with Crippen molar-refractivity contribution in [2.24, 2.45) is 0 Å². The minimum Gasteiger partial charge on any atom is -0.484 e. The summed E-state index contributed by atoms with van der Waals surface area (Å²) >= 11 is 0.